The van der Waals surface area contributed by atoms with Crippen molar-refractivity contribution in [3.63, 3.8) is 0 Å². The van der Waals surface area contributed by atoms with E-state index in [0.717, 1.165) is 32.1 Å². The molecule has 0 aromatic heterocycles. The second-order valence-electron chi connectivity index (χ2n) is 8.46. The van der Waals surface area contributed by atoms with Crippen LogP contribution in [0.2, 0.25) is 0 Å². The minimum absolute atomic E-state index is 0.0459. The van der Waals surface area contributed by atoms with Crippen molar-refractivity contribution in [2.24, 2.45) is 0 Å². The van der Waals surface area contributed by atoms with Crippen molar-refractivity contribution in [3.05, 3.63) is 45.6 Å². The Morgan fingerprint density at radius 3 is 2.13 bits per heavy atom. The van der Waals surface area contributed by atoms with E-state index in [-0.39, 0.29) is 35.8 Å². The van der Waals surface area contributed by atoms with Crippen molar-refractivity contribution in [3.8, 4) is 0 Å². The first-order valence-electron chi connectivity index (χ1n) is 10.6. The summed E-state index contributed by atoms with van der Waals surface area (Å²) in [5, 5.41) is 11.0. The van der Waals surface area contributed by atoms with Gasteiger partial charge in [0.05, 0.1) is 22.7 Å². The number of non-ortho nitro benzene ring substituents is 1. The topological polar surface area (TPSA) is 93.0 Å². The van der Waals surface area contributed by atoms with E-state index in [1.165, 1.54) is 17.0 Å². The second kappa shape index (κ2) is 8.18. The molecule has 2 heterocycles. The van der Waals surface area contributed by atoms with Crippen LogP contribution in [0.25, 0.3) is 5.57 Å². The van der Waals surface area contributed by atoms with Crippen LogP contribution < -0.4 is 0 Å². The highest BCUT2D eigenvalue weighted by atomic mass is 16.6. The molecule has 0 radical (unpaired) electrons. The van der Waals surface area contributed by atoms with Gasteiger partial charge in [0.1, 0.15) is 5.70 Å². The molecule has 0 N–H and O–H groups in total. The van der Waals surface area contributed by atoms with Gasteiger partial charge in [0.25, 0.3) is 17.5 Å². The summed E-state index contributed by atoms with van der Waals surface area (Å²) in [6.07, 6.45) is 4.67. The standard InChI is InChI=1S/C22H27N3O5/c1-14-12-23(13-15(2)30-14)20-19(16-8-10-18(11-9-16)25(28)29)21(26)24(22(20)27)17-6-4-3-5-7-17/h8-11,14-15,17H,3-7,12-13H2,1-2H3. The van der Waals surface area contributed by atoms with Crippen LogP contribution in [0.15, 0.2) is 30.0 Å². The third-order valence-corrected chi connectivity index (χ3v) is 6.13. The number of carbonyl (C=O) groups excluding carboxylic acids is 2. The lowest BCUT2D eigenvalue weighted by molar-refractivity contribution is -0.384. The summed E-state index contributed by atoms with van der Waals surface area (Å²) in [5.41, 5.74) is 1.25. The van der Waals surface area contributed by atoms with Crippen LogP contribution in [0.1, 0.15) is 51.5 Å². The molecule has 8 nitrogen and oxygen atoms in total. The molecule has 2 aliphatic heterocycles. The van der Waals surface area contributed by atoms with Gasteiger partial charge in [-0.1, -0.05) is 19.3 Å². The Morgan fingerprint density at radius 2 is 1.57 bits per heavy atom. The van der Waals surface area contributed by atoms with Crippen LogP contribution >= 0.6 is 0 Å². The highest BCUT2D eigenvalue weighted by molar-refractivity contribution is 6.35. The van der Waals surface area contributed by atoms with Crippen molar-refractivity contribution in [1.82, 2.24) is 9.80 Å². The van der Waals surface area contributed by atoms with E-state index in [9.17, 15) is 19.7 Å². The maximum atomic E-state index is 13.5. The van der Waals surface area contributed by atoms with Gasteiger partial charge in [-0.15, -0.1) is 0 Å². The third-order valence-electron chi connectivity index (χ3n) is 6.13. The summed E-state index contributed by atoms with van der Waals surface area (Å²) < 4.78 is 5.82. The number of imide groups is 1. The van der Waals surface area contributed by atoms with Gasteiger partial charge < -0.3 is 9.64 Å². The first-order valence-corrected chi connectivity index (χ1v) is 10.6. The number of nitrogens with zero attached hydrogens (tertiary/aromatic N) is 3. The van der Waals surface area contributed by atoms with Crippen molar-refractivity contribution < 1.29 is 19.2 Å². The second-order valence-corrected chi connectivity index (χ2v) is 8.46. The zero-order valence-electron chi connectivity index (χ0n) is 17.4. The Labute approximate surface area is 175 Å². The maximum Gasteiger partial charge on any atom is 0.278 e. The van der Waals surface area contributed by atoms with E-state index in [4.69, 9.17) is 4.74 Å². The summed E-state index contributed by atoms with van der Waals surface area (Å²) in [4.78, 5) is 41.0. The van der Waals surface area contributed by atoms with Crippen LogP contribution in [0.3, 0.4) is 0 Å². The lowest BCUT2D eigenvalue weighted by Crippen LogP contribution is -2.48. The van der Waals surface area contributed by atoms with Crippen molar-refractivity contribution in [2.75, 3.05) is 13.1 Å². The van der Waals surface area contributed by atoms with Gasteiger partial charge in [0.2, 0.25) is 0 Å². The van der Waals surface area contributed by atoms with E-state index in [1.807, 2.05) is 18.7 Å². The van der Waals surface area contributed by atoms with E-state index < -0.39 is 4.92 Å². The maximum absolute atomic E-state index is 13.5. The van der Waals surface area contributed by atoms with E-state index >= 15 is 0 Å². The average Bonchev–Trinajstić information content (AvgIpc) is 2.98. The Balaban J connectivity index is 1.76. The fourth-order valence-electron chi connectivity index (χ4n) is 4.87. The predicted octanol–water partition coefficient (Wildman–Crippen LogP) is 3.12. The fourth-order valence-corrected chi connectivity index (χ4v) is 4.87. The molecule has 0 bridgehead atoms. The van der Waals surface area contributed by atoms with Gasteiger partial charge in [0.15, 0.2) is 0 Å². The molecule has 8 heteroatoms. The smallest absolute Gasteiger partial charge is 0.278 e. The number of rotatable bonds is 4. The first kappa shape index (κ1) is 20.5. The Kier molecular flexibility index (Phi) is 5.60. The van der Waals surface area contributed by atoms with Gasteiger partial charge in [-0.3, -0.25) is 24.6 Å². The molecule has 4 rings (SSSR count). The van der Waals surface area contributed by atoms with Crippen molar-refractivity contribution in [2.45, 2.75) is 64.2 Å². The number of ether oxygens (including phenoxy) is 1. The van der Waals surface area contributed by atoms with Gasteiger partial charge >= 0.3 is 0 Å². The number of hydrogen-bond donors (Lipinski definition) is 0. The molecular weight excluding hydrogens is 386 g/mol. The number of nitro benzene ring substituents is 1. The molecule has 2 amide bonds. The van der Waals surface area contributed by atoms with Gasteiger partial charge in [0, 0.05) is 31.3 Å². The fraction of sp³-hybridized carbons (Fsp3) is 0.545. The highest BCUT2D eigenvalue weighted by Crippen LogP contribution is 2.37. The third kappa shape index (κ3) is 3.71. The normalized spacial score (nSPS) is 25.9. The molecule has 0 spiro atoms. The summed E-state index contributed by atoms with van der Waals surface area (Å²) in [7, 11) is 0. The van der Waals surface area contributed by atoms with Gasteiger partial charge in [-0.05, 0) is 44.4 Å². The lowest BCUT2D eigenvalue weighted by Gasteiger charge is -2.37. The number of hydrogen-bond acceptors (Lipinski definition) is 6. The Hall–Kier alpha value is -2.74. The Morgan fingerprint density at radius 1 is 0.967 bits per heavy atom. The molecule has 30 heavy (non-hydrogen) atoms. The Bertz CT molecular complexity index is 879. The quantitative estimate of drug-likeness (QED) is 0.428. The first-order chi connectivity index (χ1) is 14.4. The van der Waals surface area contributed by atoms with Gasteiger partial charge in [-0.2, -0.15) is 0 Å². The zero-order chi connectivity index (χ0) is 21.4. The number of benzene rings is 1. The molecule has 1 aromatic rings. The van der Waals surface area contributed by atoms with Crippen LogP contribution in [-0.2, 0) is 14.3 Å². The minimum Gasteiger partial charge on any atom is -0.372 e. The molecule has 1 saturated carbocycles. The largest absolute Gasteiger partial charge is 0.372 e. The van der Waals surface area contributed by atoms with Gasteiger partial charge in [-0.25, -0.2) is 0 Å². The molecule has 3 aliphatic rings. The summed E-state index contributed by atoms with van der Waals surface area (Å²) in [5.74, 6) is -0.538. The SMILES string of the molecule is CC1CN(C2=C(c3ccc([N+](=O)[O-])cc3)C(=O)N(C3CCCCC3)C2=O)CC(C)O1. The van der Waals surface area contributed by atoms with E-state index in [1.54, 1.807) is 12.1 Å². The highest BCUT2D eigenvalue weighted by Gasteiger charge is 2.46. The minimum atomic E-state index is -0.472. The predicted molar refractivity (Wildman–Crippen MR) is 110 cm³/mol. The van der Waals surface area contributed by atoms with Crippen molar-refractivity contribution in [1.29, 1.82) is 0 Å². The average molecular weight is 413 g/mol. The molecule has 160 valence electrons. The molecule has 2 atom stereocenters. The number of carbonyl (C=O) groups is 2. The molecule has 1 aliphatic carbocycles. The zero-order valence-corrected chi connectivity index (χ0v) is 17.4. The molecule has 2 fully saturated rings. The van der Waals surface area contributed by atoms with Crippen LogP contribution in [0.5, 0.6) is 0 Å². The summed E-state index contributed by atoms with van der Waals surface area (Å²) >= 11 is 0. The summed E-state index contributed by atoms with van der Waals surface area (Å²) in [6.45, 7) is 4.95. The van der Waals surface area contributed by atoms with Crippen LogP contribution in [0, 0.1) is 10.1 Å². The number of amides is 2. The monoisotopic (exact) mass is 413 g/mol. The molecule has 1 saturated heterocycles. The molecule has 1 aromatic carbocycles. The van der Waals surface area contributed by atoms with E-state index in [0.29, 0.717) is 29.9 Å². The summed E-state index contributed by atoms with van der Waals surface area (Å²) in [6, 6.07) is 5.81. The molecule has 2 unspecified atom stereocenters. The number of nitro groups is 1. The van der Waals surface area contributed by atoms with Crippen LogP contribution in [0.4, 0.5) is 5.69 Å². The van der Waals surface area contributed by atoms with Crippen molar-refractivity contribution >= 4 is 23.1 Å². The van der Waals surface area contributed by atoms with Crippen LogP contribution in [-0.4, -0.2) is 57.9 Å². The number of morpholine rings is 1. The molecular formula is C22H27N3O5. The lowest BCUT2D eigenvalue weighted by atomic mass is 9.94. The van der Waals surface area contributed by atoms with E-state index in [2.05, 4.69) is 0 Å².